The van der Waals surface area contributed by atoms with Gasteiger partial charge in [-0.05, 0) is 39.0 Å². The maximum absolute atomic E-state index is 12.2. The van der Waals surface area contributed by atoms with Gasteiger partial charge in [-0.2, -0.15) is 3.93 Å². The normalized spacial score (nSPS) is 11.2. The van der Waals surface area contributed by atoms with Gasteiger partial charge in [0.15, 0.2) is 0 Å². The van der Waals surface area contributed by atoms with E-state index in [1.54, 1.807) is 51.6 Å². The third kappa shape index (κ3) is 4.37. The van der Waals surface area contributed by atoms with E-state index < -0.39 is 11.7 Å². The van der Waals surface area contributed by atoms with E-state index in [1.807, 2.05) is 0 Å². The minimum Gasteiger partial charge on any atom is -0.496 e. The quantitative estimate of drug-likeness (QED) is 0.614. The number of nitrogens with zero attached hydrogens (tertiary/aromatic N) is 2. The summed E-state index contributed by atoms with van der Waals surface area (Å²) in [5.74, 6) is 0.617. The van der Waals surface area contributed by atoms with Crippen molar-refractivity contribution in [1.29, 1.82) is 0 Å². The Kier molecular flexibility index (Phi) is 5.54. The summed E-state index contributed by atoms with van der Waals surface area (Å²) < 4.78 is 12.0. The zero-order valence-electron chi connectivity index (χ0n) is 13.1. The number of carbonyl (C=O) groups is 1. The average molecular weight is 420 g/mol. The van der Waals surface area contributed by atoms with Crippen molar-refractivity contribution in [2.75, 3.05) is 11.0 Å². The molecule has 0 spiro atoms. The summed E-state index contributed by atoms with van der Waals surface area (Å²) in [5, 5.41) is 1.14. The number of anilines is 1. The summed E-state index contributed by atoms with van der Waals surface area (Å²) in [5.41, 5.74) is 2.33. The number of hydrogen-bond acceptors (Lipinski definition) is 5. The Balaban J connectivity index is 2.40. The van der Waals surface area contributed by atoms with Gasteiger partial charge in [-0.1, -0.05) is 11.6 Å². The monoisotopic (exact) mass is 418 g/mol. The number of halogens is 2. The number of amides is 1. The lowest BCUT2D eigenvalue weighted by Gasteiger charge is -2.23. The minimum absolute atomic E-state index is 0.524. The number of carbonyl (C=O) groups excluding carboxylic acids is 1. The van der Waals surface area contributed by atoms with Crippen LogP contribution in [0.1, 0.15) is 20.8 Å². The SMILES string of the molecule is COc1ccc(Cl)cc1-c1ncsc1N(Br)C(=O)OC(C)(C)C. The molecule has 0 N–H and O–H groups in total. The van der Waals surface area contributed by atoms with E-state index in [9.17, 15) is 4.79 Å². The van der Waals surface area contributed by atoms with Crippen LogP contribution in [0.4, 0.5) is 9.80 Å². The Bertz CT molecular complexity index is 715. The van der Waals surface area contributed by atoms with E-state index in [-0.39, 0.29) is 0 Å². The molecule has 0 atom stereocenters. The maximum atomic E-state index is 12.2. The molecule has 1 amide bonds. The van der Waals surface area contributed by atoms with Crippen molar-refractivity contribution in [3.63, 3.8) is 0 Å². The molecule has 1 aromatic carbocycles. The molecule has 124 valence electrons. The molecule has 0 aliphatic rings. The fourth-order valence-electron chi connectivity index (χ4n) is 1.81. The number of rotatable bonds is 3. The van der Waals surface area contributed by atoms with E-state index in [0.717, 1.165) is 0 Å². The van der Waals surface area contributed by atoms with Crippen LogP contribution in [0, 0.1) is 0 Å². The first-order chi connectivity index (χ1) is 10.7. The average Bonchev–Trinajstić information content (AvgIpc) is 2.93. The van der Waals surface area contributed by atoms with Gasteiger partial charge in [-0.25, -0.2) is 9.78 Å². The molecule has 0 unspecified atom stereocenters. The van der Waals surface area contributed by atoms with Crippen molar-refractivity contribution in [2.45, 2.75) is 26.4 Å². The van der Waals surface area contributed by atoms with Gasteiger partial charge in [-0.3, -0.25) is 0 Å². The number of hydrogen-bond donors (Lipinski definition) is 0. The molecule has 0 radical (unpaired) electrons. The van der Waals surface area contributed by atoms with Crippen molar-refractivity contribution < 1.29 is 14.3 Å². The number of methoxy groups -OCH3 is 1. The standard InChI is InChI=1S/C15H16BrClN2O3S/c1-15(2,3)22-14(20)19(16)13-12(18-8-23-13)10-7-9(17)5-6-11(10)21-4/h5-8H,1-4H3. The molecule has 23 heavy (non-hydrogen) atoms. The predicted molar refractivity (Wildman–Crippen MR) is 96.8 cm³/mol. The van der Waals surface area contributed by atoms with Crippen LogP contribution in [0.15, 0.2) is 23.7 Å². The van der Waals surface area contributed by atoms with Crippen molar-refractivity contribution in [2.24, 2.45) is 0 Å². The van der Waals surface area contributed by atoms with Crippen LogP contribution in [0.25, 0.3) is 11.3 Å². The highest BCUT2D eigenvalue weighted by atomic mass is 79.9. The molecule has 0 saturated heterocycles. The molecule has 1 aromatic heterocycles. The van der Waals surface area contributed by atoms with Crippen molar-refractivity contribution in [3.8, 4) is 17.0 Å². The topological polar surface area (TPSA) is 51.7 Å². The summed E-state index contributed by atoms with van der Waals surface area (Å²) in [6.07, 6.45) is -0.524. The second-order valence-corrected chi connectivity index (χ2v) is 7.59. The Morgan fingerprint density at radius 2 is 2.09 bits per heavy atom. The first kappa shape index (κ1) is 18.0. The minimum atomic E-state index is -0.596. The first-order valence-electron chi connectivity index (χ1n) is 6.69. The van der Waals surface area contributed by atoms with Gasteiger partial charge in [-0.15, -0.1) is 11.3 Å². The van der Waals surface area contributed by atoms with Crippen LogP contribution in [0.3, 0.4) is 0 Å². The molecule has 5 nitrogen and oxygen atoms in total. The number of aromatic nitrogens is 1. The summed E-state index contributed by atoms with van der Waals surface area (Å²) in [4.78, 5) is 16.6. The number of ether oxygens (including phenoxy) is 2. The summed E-state index contributed by atoms with van der Waals surface area (Å²) in [6.45, 7) is 5.41. The molecule has 0 aliphatic carbocycles. The molecule has 0 aliphatic heterocycles. The van der Waals surface area contributed by atoms with Crippen LogP contribution in [0.2, 0.25) is 5.02 Å². The number of thiazole rings is 1. The highest BCUT2D eigenvalue weighted by molar-refractivity contribution is 9.10. The molecule has 8 heteroatoms. The zero-order valence-corrected chi connectivity index (χ0v) is 16.3. The lowest BCUT2D eigenvalue weighted by molar-refractivity contribution is 0.0615. The first-order valence-corrected chi connectivity index (χ1v) is 8.66. The maximum Gasteiger partial charge on any atom is 0.425 e. The third-order valence-electron chi connectivity index (χ3n) is 2.70. The van der Waals surface area contributed by atoms with Crippen molar-refractivity contribution >= 4 is 50.2 Å². The van der Waals surface area contributed by atoms with Gasteiger partial charge >= 0.3 is 6.09 Å². The number of benzene rings is 1. The highest BCUT2D eigenvalue weighted by Gasteiger charge is 2.26. The van der Waals surface area contributed by atoms with Gasteiger partial charge in [0.2, 0.25) is 0 Å². The van der Waals surface area contributed by atoms with Gasteiger partial charge in [0.05, 0.1) is 28.8 Å². The van der Waals surface area contributed by atoms with Crippen LogP contribution < -0.4 is 8.66 Å². The third-order valence-corrected chi connectivity index (χ3v) is 4.62. The molecule has 0 saturated carbocycles. The Morgan fingerprint density at radius 1 is 1.39 bits per heavy atom. The van der Waals surface area contributed by atoms with Crippen molar-refractivity contribution in [3.05, 3.63) is 28.7 Å². The Morgan fingerprint density at radius 3 is 2.70 bits per heavy atom. The lowest BCUT2D eigenvalue weighted by Crippen LogP contribution is -2.30. The molecule has 1 heterocycles. The molecular weight excluding hydrogens is 404 g/mol. The fraction of sp³-hybridized carbons (Fsp3) is 0.333. The van der Waals surface area contributed by atoms with E-state index in [4.69, 9.17) is 21.1 Å². The van der Waals surface area contributed by atoms with E-state index in [2.05, 4.69) is 21.1 Å². The summed E-state index contributed by atoms with van der Waals surface area (Å²) in [7, 11) is 1.57. The lowest BCUT2D eigenvalue weighted by atomic mass is 10.1. The van der Waals surface area contributed by atoms with Gasteiger partial charge in [0.25, 0.3) is 0 Å². The highest BCUT2D eigenvalue weighted by Crippen LogP contribution is 2.41. The van der Waals surface area contributed by atoms with E-state index in [1.165, 1.54) is 15.3 Å². The molecule has 2 rings (SSSR count). The fourth-order valence-corrected chi connectivity index (χ4v) is 3.18. The van der Waals surface area contributed by atoms with E-state index >= 15 is 0 Å². The molecule has 2 aromatic rings. The summed E-state index contributed by atoms with van der Waals surface area (Å²) in [6, 6.07) is 5.23. The second-order valence-electron chi connectivity index (χ2n) is 5.61. The van der Waals surface area contributed by atoms with Crippen LogP contribution in [-0.2, 0) is 4.74 Å². The van der Waals surface area contributed by atoms with Gasteiger partial charge in [0.1, 0.15) is 22.0 Å². The van der Waals surface area contributed by atoms with Crippen LogP contribution in [0.5, 0.6) is 5.75 Å². The van der Waals surface area contributed by atoms with Crippen LogP contribution >= 0.6 is 39.1 Å². The second kappa shape index (κ2) is 7.07. The van der Waals surface area contributed by atoms with Gasteiger partial charge < -0.3 is 9.47 Å². The molecular formula is C15H16BrClN2O3S. The van der Waals surface area contributed by atoms with Crippen molar-refractivity contribution in [1.82, 2.24) is 4.98 Å². The Labute approximate surface area is 152 Å². The predicted octanol–water partition coefficient (Wildman–Crippen LogP) is 5.52. The summed E-state index contributed by atoms with van der Waals surface area (Å²) >= 11 is 10.6. The van der Waals surface area contributed by atoms with E-state index in [0.29, 0.717) is 27.0 Å². The van der Waals surface area contributed by atoms with Gasteiger partial charge in [0, 0.05) is 10.6 Å². The molecule has 0 bridgehead atoms. The largest absolute Gasteiger partial charge is 0.496 e. The Hall–Kier alpha value is -1.31. The molecule has 0 fully saturated rings. The smallest absolute Gasteiger partial charge is 0.425 e. The zero-order chi connectivity index (χ0) is 17.2. The van der Waals surface area contributed by atoms with Crippen LogP contribution in [-0.4, -0.2) is 23.8 Å².